The second-order valence-electron chi connectivity index (χ2n) is 7.18. The standard InChI is InChI=1S/C22H22F3NO2/c1-3-4-6-14(2)20-13-16-11-17(22(23,24)25)9-10-19(16)26(20)18-8-5-7-15(12-18)21(27)28/h3-8,12-13,16-17,19H,1-2,9-11H2,(H,27,28)/b6-4-. The predicted octanol–water partition coefficient (Wildman–Crippen LogP) is 5.73. The maximum atomic E-state index is 13.2. The molecule has 1 N–H and O–H groups in total. The third-order valence-electron chi connectivity index (χ3n) is 5.42. The first-order valence-corrected chi connectivity index (χ1v) is 9.12. The maximum absolute atomic E-state index is 13.2. The molecule has 2 aliphatic rings. The number of halogens is 3. The van der Waals surface area contributed by atoms with Crippen molar-refractivity contribution in [1.29, 1.82) is 0 Å². The molecule has 0 saturated heterocycles. The molecule has 3 unspecified atom stereocenters. The van der Waals surface area contributed by atoms with E-state index in [-0.39, 0.29) is 30.4 Å². The zero-order chi connectivity index (χ0) is 20.5. The van der Waals surface area contributed by atoms with E-state index in [1.807, 2.05) is 11.0 Å². The van der Waals surface area contributed by atoms with Crippen molar-refractivity contribution in [1.82, 2.24) is 0 Å². The summed E-state index contributed by atoms with van der Waals surface area (Å²) < 4.78 is 39.7. The molecule has 28 heavy (non-hydrogen) atoms. The Kier molecular flexibility index (Phi) is 5.49. The molecular weight excluding hydrogens is 367 g/mol. The molecule has 1 aliphatic carbocycles. The number of benzene rings is 1. The van der Waals surface area contributed by atoms with Crippen LogP contribution in [0, 0.1) is 11.8 Å². The normalized spacial score (nSPS) is 24.8. The van der Waals surface area contributed by atoms with Crippen molar-refractivity contribution in [3.05, 3.63) is 78.6 Å². The van der Waals surface area contributed by atoms with Crippen molar-refractivity contribution in [3.8, 4) is 0 Å². The van der Waals surface area contributed by atoms with Crippen LogP contribution < -0.4 is 4.90 Å². The third kappa shape index (κ3) is 3.91. The minimum atomic E-state index is -4.20. The van der Waals surface area contributed by atoms with Crippen molar-refractivity contribution in [2.24, 2.45) is 11.8 Å². The van der Waals surface area contributed by atoms with Gasteiger partial charge in [0.05, 0.1) is 11.5 Å². The molecular formula is C22H22F3NO2. The molecule has 1 aromatic carbocycles. The first kappa shape index (κ1) is 20.0. The summed E-state index contributed by atoms with van der Waals surface area (Å²) in [4.78, 5) is 13.3. The first-order chi connectivity index (χ1) is 13.2. The fourth-order valence-electron chi connectivity index (χ4n) is 4.10. The van der Waals surface area contributed by atoms with Gasteiger partial charge in [-0.05, 0) is 43.0 Å². The Bertz CT molecular complexity index is 854. The van der Waals surface area contributed by atoms with Crippen molar-refractivity contribution in [3.63, 3.8) is 0 Å². The van der Waals surface area contributed by atoms with Gasteiger partial charge in [0.25, 0.3) is 0 Å². The minimum absolute atomic E-state index is 0.0330. The molecule has 1 saturated carbocycles. The van der Waals surface area contributed by atoms with Gasteiger partial charge in [0.15, 0.2) is 0 Å². The number of carbonyl (C=O) groups is 1. The van der Waals surface area contributed by atoms with E-state index in [1.165, 1.54) is 6.07 Å². The van der Waals surface area contributed by atoms with Crippen LogP contribution in [0.25, 0.3) is 0 Å². The number of hydrogen-bond donors (Lipinski definition) is 1. The Hall–Kier alpha value is -2.76. The summed E-state index contributed by atoms with van der Waals surface area (Å²) in [6, 6.07) is 6.33. The molecule has 3 atom stereocenters. The van der Waals surface area contributed by atoms with E-state index in [4.69, 9.17) is 0 Å². The van der Waals surface area contributed by atoms with Crippen LogP contribution in [0.2, 0.25) is 0 Å². The molecule has 3 nitrogen and oxygen atoms in total. The Morgan fingerprint density at radius 2 is 2.04 bits per heavy atom. The largest absolute Gasteiger partial charge is 0.478 e. The van der Waals surface area contributed by atoms with E-state index in [9.17, 15) is 23.1 Å². The number of hydrogen-bond acceptors (Lipinski definition) is 2. The van der Waals surface area contributed by atoms with Gasteiger partial charge < -0.3 is 10.0 Å². The lowest BCUT2D eigenvalue weighted by atomic mass is 9.78. The Labute approximate surface area is 162 Å². The Balaban J connectivity index is 1.99. The minimum Gasteiger partial charge on any atom is -0.478 e. The van der Waals surface area contributed by atoms with E-state index in [2.05, 4.69) is 13.2 Å². The number of fused-ring (bicyclic) bond motifs is 1. The number of rotatable bonds is 5. The summed E-state index contributed by atoms with van der Waals surface area (Å²) in [7, 11) is 0. The van der Waals surface area contributed by atoms with E-state index >= 15 is 0 Å². The molecule has 1 aromatic rings. The van der Waals surface area contributed by atoms with Crippen molar-refractivity contribution in [2.45, 2.75) is 31.5 Å². The molecule has 0 aromatic heterocycles. The van der Waals surface area contributed by atoms with Crippen LogP contribution in [0.4, 0.5) is 18.9 Å². The fourth-order valence-corrected chi connectivity index (χ4v) is 4.10. The van der Waals surface area contributed by atoms with Crippen molar-refractivity contribution in [2.75, 3.05) is 4.90 Å². The molecule has 3 rings (SSSR count). The van der Waals surface area contributed by atoms with Crippen LogP contribution in [0.3, 0.4) is 0 Å². The average Bonchev–Trinajstić information content (AvgIpc) is 3.04. The van der Waals surface area contributed by atoms with Gasteiger partial charge in [-0.2, -0.15) is 13.2 Å². The van der Waals surface area contributed by atoms with E-state index < -0.39 is 18.1 Å². The van der Waals surface area contributed by atoms with E-state index in [0.29, 0.717) is 17.7 Å². The highest BCUT2D eigenvalue weighted by molar-refractivity contribution is 5.89. The molecule has 0 radical (unpaired) electrons. The van der Waals surface area contributed by atoms with Crippen LogP contribution in [-0.4, -0.2) is 23.3 Å². The third-order valence-corrected chi connectivity index (χ3v) is 5.42. The zero-order valence-corrected chi connectivity index (χ0v) is 15.3. The monoisotopic (exact) mass is 389 g/mol. The highest BCUT2D eigenvalue weighted by Crippen LogP contribution is 2.48. The Morgan fingerprint density at radius 1 is 1.29 bits per heavy atom. The van der Waals surface area contributed by atoms with Gasteiger partial charge in [0.1, 0.15) is 0 Å². The average molecular weight is 389 g/mol. The summed E-state index contributed by atoms with van der Waals surface area (Å²) >= 11 is 0. The predicted molar refractivity (Wildman–Crippen MR) is 103 cm³/mol. The lowest BCUT2D eigenvalue weighted by Crippen LogP contribution is -2.41. The second-order valence-corrected chi connectivity index (χ2v) is 7.18. The summed E-state index contributed by atoms with van der Waals surface area (Å²) in [5, 5.41) is 9.30. The van der Waals surface area contributed by atoms with E-state index in [0.717, 1.165) is 5.70 Å². The summed E-state index contributed by atoms with van der Waals surface area (Å²) in [6.07, 6.45) is 3.21. The highest BCUT2D eigenvalue weighted by Gasteiger charge is 2.48. The number of nitrogens with zero attached hydrogens (tertiary/aromatic N) is 1. The van der Waals surface area contributed by atoms with Crippen LogP contribution >= 0.6 is 0 Å². The van der Waals surface area contributed by atoms with Gasteiger partial charge in [-0.25, -0.2) is 4.79 Å². The zero-order valence-electron chi connectivity index (χ0n) is 15.3. The van der Waals surface area contributed by atoms with Crippen LogP contribution in [0.15, 0.2) is 73.0 Å². The van der Waals surface area contributed by atoms with Gasteiger partial charge in [0.2, 0.25) is 0 Å². The van der Waals surface area contributed by atoms with Gasteiger partial charge in [-0.3, -0.25) is 0 Å². The summed E-state index contributed by atoms with van der Waals surface area (Å²) in [6.45, 7) is 7.68. The van der Waals surface area contributed by atoms with Crippen molar-refractivity contribution < 1.29 is 23.1 Å². The van der Waals surface area contributed by atoms with Gasteiger partial charge in [-0.15, -0.1) is 0 Å². The SMILES string of the molecule is C=C/C=C\C(=C)C1=CC2CC(C(F)(F)F)CCC2N1c1cccc(C(=O)O)c1. The van der Waals surface area contributed by atoms with Gasteiger partial charge >= 0.3 is 12.1 Å². The number of aromatic carboxylic acids is 1. The molecule has 0 bridgehead atoms. The van der Waals surface area contributed by atoms with Crippen LogP contribution in [-0.2, 0) is 0 Å². The first-order valence-electron chi connectivity index (χ1n) is 9.12. The summed E-state index contributed by atoms with van der Waals surface area (Å²) in [5.41, 5.74) is 2.16. The fraction of sp³-hybridized carbons (Fsp3) is 0.318. The molecule has 1 fully saturated rings. The van der Waals surface area contributed by atoms with Crippen LogP contribution in [0.5, 0.6) is 0 Å². The molecule has 0 spiro atoms. The topological polar surface area (TPSA) is 40.5 Å². The Morgan fingerprint density at radius 3 is 2.68 bits per heavy atom. The van der Waals surface area contributed by atoms with Gasteiger partial charge in [0, 0.05) is 23.3 Å². The number of carboxylic acid groups (broad SMARTS) is 1. The number of anilines is 1. The molecule has 6 heteroatoms. The lowest BCUT2D eigenvalue weighted by Gasteiger charge is -2.38. The molecule has 1 aliphatic heterocycles. The number of carboxylic acids is 1. The van der Waals surface area contributed by atoms with Crippen molar-refractivity contribution >= 4 is 11.7 Å². The van der Waals surface area contributed by atoms with Crippen LogP contribution in [0.1, 0.15) is 29.6 Å². The number of alkyl halides is 3. The highest BCUT2D eigenvalue weighted by atomic mass is 19.4. The number of allylic oxidation sites excluding steroid dienone is 3. The summed E-state index contributed by atoms with van der Waals surface area (Å²) in [5.74, 6) is -2.62. The van der Waals surface area contributed by atoms with Gasteiger partial charge in [-0.1, -0.05) is 43.5 Å². The second kappa shape index (κ2) is 7.70. The maximum Gasteiger partial charge on any atom is 0.391 e. The molecule has 148 valence electrons. The molecule has 1 heterocycles. The molecule has 0 amide bonds. The lowest BCUT2D eigenvalue weighted by molar-refractivity contribution is -0.184. The quantitative estimate of drug-likeness (QED) is 0.654. The smallest absolute Gasteiger partial charge is 0.391 e. The van der Waals surface area contributed by atoms with E-state index in [1.54, 1.807) is 36.4 Å².